The number of guanidine groups is 1. The Kier molecular flexibility index (Phi) is 6.30. The molecule has 0 unspecified atom stereocenters. The van der Waals surface area contributed by atoms with Crippen LogP contribution < -0.4 is 16.0 Å². The predicted molar refractivity (Wildman–Crippen MR) is 106 cm³/mol. The number of nitrogens with one attached hydrogen (secondary N) is 3. The molecule has 1 aromatic carbocycles. The zero-order chi connectivity index (χ0) is 19.1. The number of amides is 3. The summed E-state index contributed by atoms with van der Waals surface area (Å²) in [6, 6.07) is 10.1. The third-order valence-electron chi connectivity index (χ3n) is 4.42. The van der Waals surface area contributed by atoms with Crippen LogP contribution in [0.25, 0.3) is 10.9 Å². The summed E-state index contributed by atoms with van der Waals surface area (Å²) in [4.78, 5) is 28.9. The number of para-hydroxylation sites is 1. The van der Waals surface area contributed by atoms with Crippen molar-refractivity contribution in [2.24, 2.45) is 4.99 Å². The molecule has 1 aliphatic rings. The van der Waals surface area contributed by atoms with Gasteiger partial charge < -0.3 is 20.5 Å². The number of nitrogens with zero attached hydrogens (tertiary/aromatic N) is 3. The Morgan fingerprint density at radius 1 is 1.19 bits per heavy atom. The number of hydrogen-bond acceptors (Lipinski definition) is 3. The Morgan fingerprint density at radius 3 is 2.81 bits per heavy atom. The topological polar surface area (TPSA) is 90.8 Å². The maximum atomic E-state index is 11.6. The summed E-state index contributed by atoms with van der Waals surface area (Å²) in [5.74, 6) is 0.504. The molecule has 1 aromatic heterocycles. The van der Waals surface area contributed by atoms with E-state index in [1.807, 2.05) is 13.0 Å². The summed E-state index contributed by atoms with van der Waals surface area (Å²) < 4.78 is 2.24. The maximum Gasteiger partial charge on any atom is 0.324 e. The predicted octanol–water partition coefficient (Wildman–Crippen LogP) is 1.14. The fourth-order valence-corrected chi connectivity index (χ4v) is 3.08. The number of urea groups is 1. The highest BCUT2D eigenvalue weighted by Crippen LogP contribution is 2.15. The molecule has 27 heavy (non-hydrogen) atoms. The van der Waals surface area contributed by atoms with Crippen molar-refractivity contribution >= 4 is 28.8 Å². The highest BCUT2D eigenvalue weighted by atomic mass is 16.2. The van der Waals surface area contributed by atoms with Crippen molar-refractivity contribution in [1.82, 2.24) is 25.4 Å². The van der Waals surface area contributed by atoms with Crippen LogP contribution in [0.3, 0.4) is 0 Å². The molecule has 3 N–H and O–H groups in total. The lowest BCUT2D eigenvalue weighted by atomic mass is 10.2. The van der Waals surface area contributed by atoms with E-state index >= 15 is 0 Å². The fourth-order valence-electron chi connectivity index (χ4n) is 3.08. The number of aliphatic imine (C=N–C) groups is 1. The molecule has 2 heterocycles. The number of rotatable bonds is 8. The van der Waals surface area contributed by atoms with E-state index in [0.717, 1.165) is 19.5 Å². The van der Waals surface area contributed by atoms with Crippen molar-refractivity contribution in [3.8, 4) is 0 Å². The highest BCUT2D eigenvalue weighted by molar-refractivity contribution is 6.01. The number of imide groups is 1. The minimum absolute atomic E-state index is 0.0844. The molecule has 0 atom stereocenters. The van der Waals surface area contributed by atoms with Gasteiger partial charge in [0.15, 0.2) is 5.96 Å². The first kappa shape index (κ1) is 18.8. The Labute approximate surface area is 158 Å². The Balaban J connectivity index is 1.45. The zero-order valence-electron chi connectivity index (χ0n) is 15.6. The van der Waals surface area contributed by atoms with E-state index in [-0.39, 0.29) is 18.5 Å². The van der Waals surface area contributed by atoms with Gasteiger partial charge >= 0.3 is 6.03 Å². The minimum atomic E-state index is -0.331. The van der Waals surface area contributed by atoms with Gasteiger partial charge in [-0.15, -0.1) is 0 Å². The fraction of sp³-hybridized carbons (Fsp3) is 0.421. The van der Waals surface area contributed by atoms with Gasteiger partial charge in [0, 0.05) is 44.4 Å². The Hall–Kier alpha value is -3.03. The molecule has 3 rings (SSSR count). The smallest absolute Gasteiger partial charge is 0.324 e. The van der Waals surface area contributed by atoms with Crippen LogP contribution in [0.2, 0.25) is 0 Å². The van der Waals surface area contributed by atoms with Gasteiger partial charge in [-0.3, -0.25) is 14.7 Å². The first-order chi connectivity index (χ1) is 13.2. The molecule has 1 aliphatic heterocycles. The van der Waals surface area contributed by atoms with Gasteiger partial charge in [-0.05, 0) is 30.9 Å². The Morgan fingerprint density at radius 2 is 2.04 bits per heavy atom. The van der Waals surface area contributed by atoms with Crippen LogP contribution in [0.1, 0.15) is 13.3 Å². The molecule has 2 aromatic rings. The van der Waals surface area contributed by atoms with E-state index in [1.54, 1.807) is 0 Å². The van der Waals surface area contributed by atoms with Crippen molar-refractivity contribution in [3.63, 3.8) is 0 Å². The van der Waals surface area contributed by atoms with Gasteiger partial charge in [0.05, 0.1) is 6.54 Å². The number of carbonyl (C=O) groups excluding carboxylic acids is 2. The first-order valence-electron chi connectivity index (χ1n) is 9.33. The molecule has 0 bridgehead atoms. The molecule has 8 heteroatoms. The van der Waals surface area contributed by atoms with Crippen LogP contribution in [-0.2, 0) is 11.3 Å². The second-order valence-electron chi connectivity index (χ2n) is 6.31. The SMILES string of the molecule is CCNC(=NCCCn1ccc2ccccc21)NCCN1C(=O)CNC1=O. The number of carbonyl (C=O) groups is 2. The largest absolute Gasteiger partial charge is 0.357 e. The molecule has 1 fully saturated rings. The van der Waals surface area contributed by atoms with Gasteiger partial charge in [-0.1, -0.05) is 18.2 Å². The highest BCUT2D eigenvalue weighted by Gasteiger charge is 2.27. The lowest BCUT2D eigenvalue weighted by Crippen LogP contribution is -2.43. The standard InChI is InChI=1S/C19H26N6O2/c1-2-20-18(22-10-13-25-17(26)14-23-19(25)27)21-9-5-11-24-12-8-15-6-3-4-7-16(15)24/h3-4,6-8,12H,2,5,9-11,13-14H2,1H3,(H,23,27)(H2,20,21,22). The minimum Gasteiger partial charge on any atom is -0.357 e. The van der Waals surface area contributed by atoms with E-state index in [9.17, 15) is 9.59 Å². The molecular weight excluding hydrogens is 344 g/mol. The van der Waals surface area contributed by atoms with Crippen LogP contribution in [0.4, 0.5) is 4.79 Å². The molecule has 3 amide bonds. The van der Waals surface area contributed by atoms with Gasteiger partial charge in [0.1, 0.15) is 0 Å². The number of aryl methyl sites for hydroxylation is 1. The van der Waals surface area contributed by atoms with Crippen LogP contribution in [0, 0.1) is 0 Å². The van der Waals surface area contributed by atoms with Gasteiger partial charge in [0.25, 0.3) is 0 Å². The number of hydrogen-bond donors (Lipinski definition) is 3. The lowest BCUT2D eigenvalue weighted by molar-refractivity contribution is -0.124. The molecule has 1 saturated heterocycles. The summed E-state index contributed by atoms with van der Waals surface area (Å²) in [7, 11) is 0. The van der Waals surface area contributed by atoms with Gasteiger partial charge in [0.2, 0.25) is 5.91 Å². The van der Waals surface area contributed by atoms with Crippen LogP contribution >= 0.6 is 0 Å². The number of benzene rings is 1. The second kappa shape index (κ2) is 9.07. The summed E-state index contributed by atoms with van der Waals surface area (Å²) in [6.07, 6.45) is 3.03. The van der Waals surface area contributed by atoms with E-state index in [2.05, 4.69) is 56.0 Å². The second-order valence-corrected chi connectivity index (χ2v) is 6.31. The third-order valence-corrected chi connectivity index (χ3v) is 4.42. The van der Waals surface area contributed by atoms with Crippen molar-refractivity contribution in [1.29, 1.82) is 0 Å². The summed E-state index contributed by atoms with van der Waals surface area (Å²) >= 11 is 0. The van der Waals surface area contributed by atoms with Crippen molar-refractivity contribution in [3.05, 3.63) is 36.5 Å². The average Bonchev–Trinajstić information content (AvgIpc) is 3.23. The molecule has 0 spiro atoms. The van der Waals surface area contributed by atoms with Crippen molar-refractivity contribution in [2.75, 3.05) is 32.7 Å². The first-order valence-corrected chi connectivity index (χ1v) is 9.33. The van der Waals surface area contributed by atoms with Crippen molar-refractivity contribution in [2.45, 2.75) is 19.9 Å². The molecule has 0 aliphatic carbocycles. The van der Waals surface area contributed by atoms with E-state index in [0.29, 0.717) is 25.6 Å². The number of fused-ring (bicyclic) bond motifs is 1. The summed E-state index contributed by atoms with van der Waals surface area (Å²) in [6.45, 7) is 5.21. The molecule has 144 valence electrons. The lowest BCUT2D eigenvalue weighted by Gasteiger charge is -2.15. The summed E-state index contributed by atoms with van der Waals surface area (Å²) in [5.41, 5.74) is 1.24. The van der Waals surface area contributed by atoms with Crippen molar-refractivity contribution < 1.29 is 9.59 Å². The van der Waals surface area contributed by atoms with Crippen LogP contribution in [0.15, 0.2) is 41.5 Å². The monoisotopic (exact) mass is 370 g/mol. The quantitative estimate of drug-likeness (QED) is 0.281. The van der Waals surface area contributed by atoms with E-state index in [1.165, 1.54) is 15.8 Å². The maximum absolute atomic E-state index is 11.6. The number of aromatic nitrogens is 1. The van der Waals surface area contributed by atoms with E-state index < -0.39 is 0 Å². The normalized spacial score (nSPS) is 14.7. The molecular formula is C19H26N6O2. The molecule has 8 nitrogen and oxygen atoms in total. The Bertz CT molecular complexity index is 812. The van der Waals surface area contributed by atoms with E-state index in [4.69, 9.17) is 0 Å². The zero-order valence-corrected chi connectivity index (χ0v) is 15.6. The van der Waals surface area contributed by atoms with Crippen LogP contribution in [-0.4, -0.2) is 60.1 Å². The van der Waals surface area contributed by atoms with Crippen LogP contribution in [0.5, 0.6) is 0 Å². The van der Waals surface area contributed by atoms with Gasteiger partial charge in [-0.2, -0.15) is 0 Å². The third kappa shape index (κ3) is 4.78. The summed E-state index contributed by atoms with van der Waals surface area (Å²) in [5, 5.41) is 10.1. The average molecular weight is 370 g/mol. The molecule has 0 saturated carbocycles. The molecule has 0 radical (unpaired) electrons. The van der Waals surface area contributed by atoms with Gasteiger partial charge in [-0.25, -0.2) is 4.79 Å².